The molecule has 0 aromatic carbocycles. The lowest BCUT2D eigenvalue weighted by atomic mass is 10.3. The summed E-state index contributed by atoms with van der Waals surface area (Å²) in [6.07, 6.45) is 4.91. The maximum Gasteiger partial charge on any atom is 0.350 e. The van der Waals surface area contributed by atoms with Crippen molar-refractivity contribution < 1.29 is 14.5 Å². The molecule has 0 amide bonds. The number of aromatic hydroxyl groups is 1. The Bertz CT molecular complexity index is 811. The Labute approximate surface area is 134 Å². The summed E-state index contributed by atoms with van der Waals surface area (Å²) in [6.45, 7) is 0.517. The molecule has 0 aliphatic rings. The molecule has 0 saturated heterocycles. The molecule has 0 bridgehead atoms. The van der Waals surface area contributed by atoms with Gasteiger partial charge < -0.3 is 5.11 Å². The number of Topliss-reactive ketones (excluding diaryl/α,β-unsaturated/α-hetero) is 1. The van der Waals surface area contributed by atoms with Crippen LogP contribution in [0.25, 0.3) is 4.96 Å². The first-order valence-corrected chi connectivity index (χ1v) is 7.74. The highest BCUT2D eigenvalue weighted by Gasteiger charge is 2.25. The van der Waals surface area contributed by atoms with Crippen molar-refractivity contribution >= 4 is 45.3 Å². The molecule has 3 aromatic rings. The maximum atomic E-state index is 11.9. The third-order valence-corrected chi connectivity index (χ3v) is 4.37. The highest BCUT2D eigenvalue weighted by atomic mass is 35.5. The van der Waals surface area contributed by atoms with Gasteiger partial charge in [-0.15, -0.1) is 11.6 Å². The van der Waals surface area contributed by atoms with Crippen molar-refractivity contribution in [2.45, 2.75) is 6.54 Å². The number of pyridine rings is 1. The van der Waals surface area contributed by atoms with Gasteiger partial charge in [-0.05, 0) is 17.4 Å². The average Bonchev–Trinajstić information content (AvgIpc) is 2.99. The van der Waals surface area contributed by atoms with Crippen LogP contribution in [-0.2, 0) is 6.54 Å². The fraction of sp³-hybridized carbons (Fsp3) is 0.154. The zero-order valence-corrected chi connectivity index (χ0v) is 13.0. The summed E-state index contributed by atoms with van der Waals surface area (Å²) in [5.41, 5.74) is 1.38. The first kappa shape index (κ1) is 14.3. The topological polar surface area (TPSA) is 58.5 Å². The second-order valence-electron chi connectivity index (χ2n) is 4.41. The summed E-state index contributed by atoms with van der Waals surface area (Å²) >= 11 is 12.6. The van der Waals surface area contributed by atoms with Crippen LogP contribution in [-0.4, -0.2) is 26.2 Å². The highest BCUT2D eigenvalue weighted by molar-refractivity contribution is 7.18. The Hall–Kier alpha value is -1.63. The molecular formula is C13H10Cl2N3O2S+. The number of halogens is 2. The molecule has 0 fully saturated rings. The van der Waals surface area contributed by atoms with E-state index in [0.717, 1.165) is 10.5 Å². The molecule has 3 heterocycles. The van der Waals surface area contributed by atoms with Gasteiger partial charge in [0.25, 0.3) is 0 Å². The number of hydrogen-bond acceptors (Lipinski definition) is 4. The van der Waals surface area contributed by atoms with E-state index in [1.54, 1.807) is 22.9 Å². The maximum absolute atomic E-state index is 11.9. The van der Waals surface area contributed by atoms with E-state index in [4.69, 9.17) is 23.2 Å². The molecule has 8 heteroatoms. The molecule has 108 valence electrons. The van der Waals surface area contributed by atoms with E-state index in [1.807, 2.05) is 10.6 Å². The van der Waals surface area contributed by atoms with Gasteiger partial charge in [0, 0.05) is 11.8 Å². The van der Waals surface area contributed by atoms with Gasteiger partial charge in [0.05, 0.1) is 5.88 Å². The van der Waals surface area contributed by atoms with Crippen molar-refractivity contribution in [2.75, 3.05) is 5.88 Å². The van der Waals surface area contributed by atoms with E-state index in [1.165, 1.54) is 17.5 Å². The van der Waals surface area contributed by atoms with Gasteiger partial charge in [-0.3, -0.25) is 4.79 Å². The van der Waals surface area contributed by atoms with Gasteiger partial charge in [0.15, 0.2) is 6.20 Å². The minimum absolute atomic E-state index is 0.106. The standard InChI is InChI=1S/C13H9Cl2N3O2S/c14-3-10(19)9-6-17(13-18(9)7-12(20)21-13)5-8-1-2-11(15)16-4-8/h1-2,4,6-7H,3,5H2/p+1. The SMILES string of the molecule is O=C(CCl)c1c[n+](Cc2ccc(Cl)nc2)c2sc(O)cn12. The predicted molar refractivity (Wildman–Crippen MR) is 80.5 cm³/mol. The number of carbonyl (C=O) groups is 1. The van der Waals surface area contributed by atoms with Crippen LogP contribution in [0.4, 0.5) is 0 Å². The number of nitrogens with zero attached hydrogens (tertiary/aromatic N) is 3. The van der Waals surface area contributed by atoms with Crippen molar-refractivity contribution in [3.05, 3.63) is 47.1 Å². The third-order valence-electron chi connectivity index (χ3n) is 2.97. The monoisotopic (exact) mass is 342 g/mol. The van der Waals surface area contributed by atoms with Crippen molar-refractivity contribution in [2.24, 2.45) is 0 Å². The molecule has 0 spiro atoms. The van der Waals surface area contributed by atoms with Gasteiger partial charge in [0.2, 0.25) is 16.5 Å². The fourth-order valence-electron chi connectivity index (χ4n) is 2.05. The Balaban J connectivity index is 2.05. The smallest absolute Gasteiger partial charge is 0.350 e. The number of ketones is 1. The van der Waals surface area contributed by atoms with Crippen molar-refractivity contribution in [1.82, 2.24) is 9.38 Å². The second kappa shape index (κ2) is 5.63. The van der Waals surface area contributed by atoms with Crippen LogP contribution in [0.5, 0.6) is 5.06 Å². The molecule has 3 aromatic heterocycles. The Morgan fingerprint density at radius 3 is 2.95 bits per heavy atom. The molecule has 3 rings (SSSR count). The molecule has 0 aliphatic carbocycles. The van der Waals surface area contributed by atoms with Crippen molar-refractivity contribution in [3.8, 4) is 5.06 Å². The number of carbonyl (C=O) groups excluding carboxylic acids is 1. The summed E-state index contributed by atoms with van der Waals surface area (Å²) in [5, 5.41) is 10.2. The number of rotatable bonds is 4. The number of thiazole rings is 1. The zero-order chi connectivity index (χ0) is 15.0. The van der Waals surface area contributed by atoms with Gasteiger partial charge in [-0.2, -0.15) is 4.40 Å². The third kappa shape index (κ3) is 2.74. The second-order valence-corrected chi connectivity index (χ2v) is 6.05. The molecule has 21 heavy (non-hydrogen) atoms. The molecular weight excluding hydrogens is 333 g/mol. The number of hydrogen-bond donors (Lipinski definition) is 1. The molecule has 0 aliphatic heterocycles. The first-order chi connectivity index (χ1) is 10.1. The van der Waals surface area contributed by atoms with Crippen LogP contribution in [0.1, 0.15) is 16.1 Å². The summed E-state index contributed by atoms with van der Waals surface area (Å²) in [6, 6.07) is 3.57. The Kier molecular flexibility index (Phi) is 3.84. The van der Waals surface area contributed by atoms with Crippen LogP contribution >= 0.6 is 34.5 Å². The number of alkyl halides is 1. The van der Waals surface area contributed by atoms with Gasteiger partial charge in [-0.1, -0.05) is 17.7 Å². The fourth-order valence-corrected chi connectivity index (χ4v) is 3.13. The normalized spacial score (nSPS) is 11.1. The van der Waals surface area contributed by atoms with Crippen LogP contribution in [0, 0.1) is 0 Å². The number of imidazole rings is 1. The lowest BCUT2D eigenvalue weighted by Gasteiger charge is -1.97. The van der Waals surface area contributed by atoms with Gasteiger partial charge in [-0.25, -0.2) is 9.55 Å². The largest absolute Gasteiger partial charge is 0.497 e. The van der Waals surface area contributed by atoms with Crippen LogP contribution in [0.15, 0.2) is 30.7 Å². The summed E-state index contributed by atoms with van der Waals surface area (Å²) in [5.74, 6) is -0.303. The molecule has 0 radical (unpaired) electrons. The van der Waals surface area contributed by atoms with E-state index in [9.17, 15) is 9.90 Å². The van der Waals surface area contributed by atoms with Crippen LogP contribution in [0.2, 0.25) is 5.15 Å². The number of fused-ring (bicyclic) bond motifs is 1. The van der Waals surface area contributed by atoms with E-state index in [0.29, 0.717) is 17.4 Å². The van der Waals surface area contributed by atoms with E-state index < -0.39 is 0 Å². The highest BCUT2D eigenvalue weighted by Crippen LogP contribution is 2.24. The summed E-state index contributed by atoms with van der Waals surface area (Å²) in [4.78, 5) is 16.7. The summed E-state index contributed by atoms with van der Waals surface area (Å²) in [7, 11) is 0. The van der Waals surface area contributed by atoms with E-state index >= 15 is 0 Å². The number of aromatic nitrogens is 3. The predicted octanol–water partition coefficient (Wildman–Crippen LogP) is 2.51. The first-order valence-electron chi connectivity index (χ1n) is 6.01. The van der Waals surface area contributed by atoms with Crippen molar-refractivity contribution in [3.63, 3.8) is 0 Å². The van der Waals surface area contributed by atoms with E-state index in [-0.39, 0.29) is 16.7 Å². The molecule has 0 saturated carbocycles. The lowest BCUT2D eigenvalue weighted by molar-refractivity contribution is -0.659. The average molecular weight is 343 g/mol. The quantitative estimate of drug-likeness (QED) is 0.343. The molecule has 1 N–H and O–H groups in total. The molecule has 0 unspecified atom stereocenters. The van der Waals surface area contributed by atoms with Gasteiger partial charge >= 0.3 is 4.96 Å². The summed E-state index contributed by atoms with van der Waals surface area (Å²) < 4.78 is 3.52. The minimum Gasteiger partial charge on any atom is -0.497 e. The minimum atomic E-state index is -0.197. The Morgan fingerprint density at radius 2 is 2.29 bits per heavy atom. The molecule has 0 atom stereocenters. The van der Waals surface area contributed by atoms with Gasteiger partial charge in [0.1, 0.15) is 17.9 Å². The lowest BCUT2D eigenvalue weighted by Crippen LogP contribution is -2.32. The Morgan fingerprint density at radius 1 is 1.48 bits per heavy atom. The van der Waals surface area contributed by atoms with E-state index in [2.05, 4.69) is 4.98 Å². The molecule has 5 nitrogen and oxygen atoms in total. The zero-order valence-electron chi connectivity index (χ0n) is 10.7. The van der Waals surface area contributed by atoms with Crippen molar-refractivity contribution in [1.29, 1.82) is 0 Å². The van der Waals surface area contributed by atoms with Crippen LogP contribution < -0.4 is 4.57 Å². The van der Waals surface area contributed by atoms with Crippen LogP contribution in [0.3, 0.4) is 0 Å².